The van der Waals surface area contributed by atoms with Crippen LogP contribution in [0.4, 0.5) is 0 Å². The van der Waals surface area contributed by atoms with Crippen molar-refractivity contribution in [3.05, 3.63) is 41.9 Å². The van der Waals surface area contributed by atoms with Gasteiger partial charge >= 0.3 is 0 Å². The molecule has 2 N–H and O–H groups in total. The molecule has 3 aromatic heterocycles. The zero-order valence-corrected chi connectivity index (χ0v) is 10.6. The van der Waals surface area contributed by atoms with E-state index in [1.165, 1.54) is 0 Å². The normalized spacial score (nSPS) is 12.8. The van der Waals surface area contributed by atoms with Gasteiger partial charge in [0.2, 0.25) is 11.7 Å². The molecule has 3 rings (SSSR count). The van der Waals surface area contributed by atoms with Crippen LogP contribution in [0, 0.1) is 6.92 Å². The van der Waals surface area contributed by atoms with Gasteiger partial charge < -0.3 is 14.7 Å². The third kappa shape index (κ3) is 2.04. The van der Waals surface area contributed by atoms with Crippen LogP contribution in [0.5, 0.6) is 0 Å². The quantitative estimate of drug-likeness (QED) is 0.764. The van der Waals surface area contributed by atoms with E-state index in [-0.39, 0.29) is 0 Å². The number of hydrogen-bond donors (Lipinski definition) is 1. The van der Waals surface area contributed by atoms with Crippen molar-refractivity contribution < 1.29 is 8.94 Å². The minimum Gasteiger partial charge on any atom is -0.469 e. The number of rotatable bonds is 3. The molecule has 3 aromatic rings. The Morgan fingerprint density at radius 2 is 2.26 bits per heavy atom. The molecule has 0 saturated heterocycles. The molecule has 7 nitrogen and oxygen atoms in total. The summed E-state index contributed by atoms with van der Waals surface area (Å²) < 4.78 is 12.1. The molecule has 0 amide bonds. The number of nitrogens with two attached hydrogens (primary N) is 1. The summed E-state index contributed by atoms with van der Waals surface area (Å²) in [6.07, 6.45) is 5.08. The number of aryl methyl sites for hydroxylation is 2. The van der Waals surface area contributed by atoms with Crippen LogP contribution in [0.3, 0.4) is 0 Å². The number of nitrogens with zero attached hydrogens (tertiary/aromatic N) is 4. The maximum absolute atomic E-state index is 6.06. The second-order valence-electron chi connectivity index (χ2n) is 4.27. The molecule has 0 aliphatic heterocycles. The Kier molecular flexibility index (Phi) is 2.68. The van der Waals surface area contributed by atoms with Gasteiger partial charge in [0.1, 0.15) is 11.8 Å². The van der Waals surface area contributed by atoms with Crippen LogP contribution < -0.4 is 5.73 Å². The second kappa shape index (κ2) is 4.36. The summed E-state index contributed by atoms with van der Waals surface area (Å²) in [6.45, 7) is 1.84. The van der Waals surface area contributed by atoms with Gasteiger partial charge in [-0.25, -0.2) is 0 Å². The van der Waals surface area contributed by atoms with Crippen molar-refractivity contribution >= 4 is 0 Å². The Bertz CT molecular complexity index is 696. The first-order chi connectivity index (χ1) is 9.15. The molecular formula is C12H13N5O2. The summed E-state index contributed by atoms with van der Waals surface area (Å²) in [4.78, 5) is 4.30. The average molecular weight is 259 g/mol. The zero-order chi connectivity index (χ0) is 13.4. The monoisotopic (exact) mass is 259 g/mol. The smallest absolute Gasteiger partial charge is 0.248 e. The fraction of sp³-hybridized carbons (Fsp3) is 0.250. The SMILES string of the molecule is Cc1occc1-c1noc(C(N)c2cnn(C)c2)n1. The van der Waals surface area contributed by atoms with Crippen molar-refractivity contribution in [2.45, 2.75) is 13.0 Å². The van der Waals surface area contributed by atoms with Crippen molar-refractivity contribution in [1.82, 2.24) is 19.9 Å². The molecule has 0 fully saturated rings. The molecule has 0 aliphatic carbocycles. The van der Waals surface area contributed by atoms with Crippen LogP contribution in [0.2, 0.25) is 0 Å². The fourth-order valence-corrected chi connectivity index (χ4v) is 1.83. The molecule has 3 heterocycles. The third-order valence-corrected chi connectivity index (χ3v) is 2.89. The lowest BCUT2D eigenvalue weighted by molar-refractivity contribution is 0.367. The molecule has 1 unspecified atom stereocenters. The minimum atomic E-state index is -0.484. The van der Waals surface area contributed by atoms with E-state index in [2.05, 4.69) is 15.2 Å². The Morgan fingerprint density at radius 1 is 1.42 bits per heavy atom. The molecule has 0 saturated carbocycles. The van der Waals surface area contributed by atoms with E-state index in [1.54, 1.807) is 23.2 Å². The predicted octanol–water partition coefficient (Wildman–Crippen LogP) is 1.42. The Hall–Kier alpha value is -2.41. The van der Waals surface area contributed by atoms with Gasteiger partial charge in [0, 0.05) is 18.8 Å². The van der Waals surface area contributed by atoms with Crippen LogP contribution in [0.15, 0.2) is 33.7 Å². The molecule has 0 aliphatic rings. The van der Waals surface area contributed by atoms with E-state index in [9.17, 15) is 0 Å². The standard InChI is InChI=1S/C12H13N5O2/c1-7-9(3-4-18-7)11-15-12(19-16-11)10(13)8-5-14-17(2)6-8/h3-6,10H,13H2,1-2H3. The lowest BCUT2D eigenvalue weighted by Crippen LogP contribution is -2.11. The molecule has 7 heteroatoms. The van der Waals surface area contributed by atoms with E-state index in [1.807, 2.05) is 20.2 Å². The van der Waals surface area contributed by atoms with E-state index in [0.29, 0.717) is 11.7 Å². The molecule has 0 bridgehead atoms. The van der Waals surface area contributed by atoms with Crippen LogP contribution in [-0.2, 0) is 7.05 Å². The summed E-state index contributed by atoms with van der Waals surface area (Å²) in [5.74, 6) is 1.56. The van der Waals surface area contributed by atoms with Crippen LogP contribution >= 0.6 is 0 Å². The van der Waals surface area contributed by atoms with Gasteiger partial charge in [0.05, 0.1) is 18.0 Å². The molecule has 98 valence electrons. The van der Waals surface area contributed by atoms with Gasteiger partial charge in [-0.3, -0.25) is 4.68 Å². The highest BCUT2D eigenvalue weighted by Gasteiger charge is 2.20. The van der Waals surface area contributed by atoms with Crippen LogP contribution in [0.25, 0.3) is 11.4 Å². The summed E-state index contributed by atoms with van der Waals surface area (Å²) >= 11 is 0. The number of hydrogen-bond acceptors (Lipinski definition) is 6. The largest absolute Gasteiger partial charge is 0.469 e. The Balaban J connectivity index is 1.91. The van der Waals surface area contributed by atoms with Crippen LogP contribution in [0.1, 0.15) is 23.3 Å². The number of aromatic nitrogens is 4. The van der Waals surface area contributed by atoms with Gasteiger partial charge in [-0.05, 0) is 13.0 Å². The first-order valence-corrected chi connectivity index (χ1v) is 5.77. The van der Waals surface area contributed by atoms with Crippen LogP contribution in [-0.4, -0.2) is 19.9 Å². The zero-order valence-electron chi connectivity index (χ0n) is 10.6. The average Bonchev–Trinajstić information content (AvgIpc) is 3.08. The van der Waals surface area contributed by atoms with E-state index < -0.39 is 6.04 Å². The van der Waals surface area contributed by atoms with Gasteiger partial charge in [0.25, 0.3) is 0 Å². The summed E-state index contributed by atoms with van der Waals surface area (Å²) in [7, 11) is 1.82. The summed E-state index contributed by atoms with van der Waals surface area (Å²) in [6, 6.07) is 1.31. The first-order valence-electron chi connectivity index (χ1n) is 5.77. The van der Waals surface area contributed by atoms with Crippen molar-refractivity contribution in [3.63, 3.8) is 0 Å². The molecule has 0 aromatic carbocycles. The van der Waals surface area contributed by atoms with E-state index >= 15 is 0 Å². The molecular weight excluding hydrogens is 246 g/mol. The van der Waals surface area contributed by atoms with E-state index in [0.717, 1.165) is 16.9 Å². The highest BCUT2D eigenvalue weighted by Crippen LogP contribution is 2.24. The summed E-state index contributed by atoms with van der Waals surface area (Å²) in [5, 5.41) is 7.99. The first kappa shape index (κ1) is 11.7. The Morgan fingerprint density at radius 3 is 2.89 bits per heavy atom. The van der Waals surface area contributed by atoms with Gasteiger partial charge in [0.15, 0.2) is 0 Å². The van der Waals surface area contributed by atoms with Gasteiger partial charge in [-0.2, -0.15) is 10.1 Å². The molecule has 1 atom stereocenters. The minimum absolute atomic E-state index is 0.351. The highest BCUT2D eigenvalue weighted by molar-refractivity contribution is 5.56. The predicted molar refractivity (Wildman–Crippen MR) is 66.0 cm³/mol. The maximum Gasteiger partial charge on any atom is 0.248 e. The van der Waals surface area contributed by atoms with E-state index in [4.69, 9.17) is 14.7 Å². The lowest BCUT2D eigenvalue weighted by atomic mass is 10.2. The van der Waals surface area contributed by atoms with Gasteiger partial charge in [-0.15, -0.1) is 0 Å². The molecule has 19 heavy (non-hydrogen) atoms. The fourth-order valence-electron chi connectivity index (χ4n) is 1.83. The summed E-state index contributed by atoms with van der Waals surface area (Å²) in [5.41, 5.74) is 7.68. The van der Waals surface area contributed by atoms with Crippen molar-refractivity contribution in [2.24, 2.45) is 12.8 Å². The number of furan rings is 1. The van der Waals surface area contributed by atoms with Crippen molar-refractivity contribution in [2.75, 3.05) is 0 Å². The maximum atomic E-state index is 6.06. The third-order valence-electron chi connectivity index (χ3n) is 2.89. The topological polar surface area (TPSA) is 95.9 Å². The Labute approximate surface area is 109 Å². The van der Waals surface area contributed by atoms with Gasteiger partial charge in [-0.1, -0.05) is 5.16 Å². The second-order valence-corrected chi connectivity index (χ2v) is 4.27. The molecule has 0 spiro atoms. The van der Waals surface area contributed by atoms with Crippen molar-refractivity contribution in [3.8, 4) is 11.4 Å². The lowest BCUT2D eigenvalue weighted by Gasteiger charge is -2.01. The highest BCUT2D eigenvalue weighted by atomic mass is 16.5. The molecule has 0 radical (unpaired) electrons. The van der Waals surface area contributed by atoms with Crippen molar-refractivity contribution in [1.29, 1.82) is 0 Å².